The van der Waals surface area contributed by atoms with Gasteiger partial charge in [0.05, 0.1) is 30.6 Å². The first kappa shape index (κ1) is 50.0. The molecule has 2 aromatic heterocycles. The van der Waals surface area contributed by atoms with Crippen molar-refractivity contribution in [2.45, 2.75) is 76.8 Å². The summed E-state index contributed by atoms with van der Waals surface area (Å²) >= 11 is -1.86. The van der Waals surface area contributed by atoms with Crippen LogP contribution in [0, 0.1) is 18.1 Å². The zero-order chi connectivity index (χ0) is 49.0. The molecule has 6 heteroatoms. The Morgan fingerprint density at radius 3 is 1.90 bits per heavy atom. The minimum atomic E-state index is -1.86. The topological polar surface area (TPSA) is 30.7 Å². The Morgan fingerprint density at radius 1 is 0.634 bits per heavy atom. The molecule has 0 fully saturated rings. The Balaban J connectivity index is 0.000000251. The van der Waals surface area contributed by atoms with Crippen molar-refractivity contribution in [1.29, 1.82) is 0 Å². The number of pyridine rings is 1. The van der Waals surface area contributed by atoms with Crippen LogP contribution in [-0.4, -0.2) is 35.9 Å². The van der Waals surface area contributed by atoms with Crippen molar-refractivity contribution < 1.29 is 20.1 Å². The van der Waals surface area contributed by atoms with Gasteiger partial charge in [-0.15, -0.1) is 28.9 Å². The van der Waals surface area contributed by atoms with E-state index in [-0.39, 0.29) is 25.5 Å². The van der Waals surface area contributed by atoms with Crippen LogP contribution in [0.2, 0.25) is 30.4 Å². The van der Waals surface area contributed by atoms with Crippen molar-refractivity contribution in [1.82, 2.24) is 14.5 Å². The summed E-state index contributed by atoms with van der Waals surface area (Å²) in [6.07, 6.45) is 3.27. The van der Waals surface area contributed by atoms with Gasteiger partial charge in [-0.2, -0.15) is 0 Å². The monoisotopic (exact) mass is 1180 g/mol. The molecule has 0 unspecified atom stereocenters. The van der Waals surface area contributed by atoms with Gasteiger partial charge >= 0.3 is 126 Å². The summed E-state index contributed by atoms with van der Waals surface area (Å²) in [4.78, 5) is 10.3. The largest absolute Gasteiger partial charge is 0 e. The summed E-state index contributed by atoms with van der Waals surface area (Å²) in [7, 11) is -1.84. The van der Waals surface area contributed by atoms with E-state index in [0.29, 0.717) is 5.92 Å². The molecule has 10 aromatic rings. The molecular weight excluding hydrogens is 1120 g/mol. The summed E-state index contributed by atoms with van der Waals surface area (Å²) in [6, 6.07) is 70.7. The molecule has 8 aromatic carbocycles. The molecule has 0 amide bonds. The second kappa shape index (κ2) is 19.9. The van der Waals surface area contributed by atoms with E-state index in [1.807, 2.05) is 18.2 Å². The molecule has 0 N–H and O–H groups in total. The molecule has 71 heavy (non-hydrogen) atoms. The second-order valence-electron chi connectivity index (χ2n) is 22.0. The zero-order valence-corrected chi connectivity index (χ0v) is 48.3. The third kappa shape index (κ3) is 9.75. The maximum absolute atomic E-state index is 5.59. The Hall–Kier alpha value is -5.95. The summed E-state index contributed by atoms with van der Waals surface area (Å²) in [5.74, 6) is 8.90. The average molecular weight is 1180 g/mol. The van der Waals surface area contributed by atoms with Crippen LogP contribution < -0.4 is 14.8 Å². The van der Waals surface area contributed by atoms with Crippen molar-refractivity contribution in [3.05, 3.63) is 205 Å². The molecule has 0 aliphatic carbocycles. The predicted octanol–water partition coefficient (Wildman–Crippen LogP) is 15.4. The maximum Gasteiger partial charge on any atom is 0 e. The Bertz CT molecular complexity index is 3470. The van der Waals surface area contributed by atoms with E-state index < -0.39 is 21.3 Å². The van der Waals surface area contributed by atoms with E-state index >= 15 is 0 Å². The van der Waals surface area contributed by atoms with Gasteiger partial charge < -0.3 is 4.57 Å². The smallest absolute Gasteiger partial charge is 0 e. The van der Waals surface area contributed by atoms with Gasteiger partial charge in [0.1, 0.15) is 0 Å². The fraction of sp³-hybridized carbons (Fsp3) is 0.200. The molecule has 3 heterocycles. The number of imidazole rings is 1. The second-order valence-corrected chi connectivity index (χ2v) is 36.9. The number of aromatic nitrogens is 3. The molecule has 0 atom stereocenters. The number of hydrogen-bond donors (Lipinski definition) is 0. The average Bonchev–Trinajstić information content (AvgIpc) is 3.86. The van der Waals surface area contributed by atoms with Crippen molar-refractivity contribution in [3.8, 4) is 61.7 Å². The van der Waals surface area contributed by atoms with Gasteiger partial charge in [0, 0.05) is 36.6 Å². The summed E-state index contributed by atoms with van der Waals surface area (Å²) < 4.78 is 3.97. The van der Waals surface area contributed by atoms with Crippen molar-refractivity contribution in [2.24, 2.45) is 5.92 Å². The first-order chi connectivity index (χ1) is 33.6. The van der Waals surface area contributed by atoms with E-state index in [2.05, 4.69) is 246 Å². The minimum absolute atomic E-state index is 0. The third-order valence-corrected chi connectivity index (χ3v) is 22.0. The fourth-order valence-corrected chi connectivity index (χ4v) is 16.8. The molecule has 357 valence electrons. The fourth-order valence-electron chi connectivity index (χ4n) is 10.5. The van der Waals surface area contributed by atoms with E-state index in [9.17, 15) is 0 Å². The molecule has 0 bridgehead atoms. The van der Waals surface area contributed by atoms with E-state index in [1.165, 1.54) is 60.3 Å². The summed E-state index contributed by atoms with van der Waals surface area (Å²) in [5, 5.41) is 5.28. The van der Waals surface area contributed by atoms with Crippen LogP contribution in [0.4, 0.5) is 0 Å². The molecule has 0 spiro atoms. The summed E-state index contributed by atoms with van der Waals surface area (Å²) in [5.41, 5.74) is 16.5. The molecule has 11 rings (SSSR count). The van der Waals surface area contributed by atoms with Gasteiger partial charge in [-0.05, 0) is 51.3 Å². The molecular formula is C65H63GeIrN3Si-2. The number of fused-ring (bicyclic) bond motifs is 6. The Kier molecular flexibility index (Phi) is 14.0. The van der Waals surface area contributed by atoms with E-state index in [4.69, 9.17) is 9.97 Å². The number of rotatable bonds is 8. The van der Waals surface area contributed by atoms with Gasteiger partial charge in [0.15, 0.2) is 0 Å². The van der Waals surface area contributed by atoms with Crippen LogP contribution in [0.15, 0.2) is 182 Å². The molecule has 1 aliphatic heterocycles. The molecule has 1 radical (unpaired) electrons. The van der Waals surface area contributed by atoms with Crippen molar-refractivity contribution in [2.75, 3.05) is 0 Å². The Labute approximate surface area is 439 Å². The van der Waals surface area contributed by atoms with Crippen molar-refractivity contribution in [3.63, 3.8) is 0 Å². The van der Waals surface area contributed by atoms with Crippen LogP contribution in [0.1, 0.15) is 45.7 Å². The third-order valence-electron chi connectivity index (χ3n) is 14.1. The number of nitrogens with zero attached hydrogens (tertiary/aromatic N) is 3. The van der Waals surface area contributed by atoms with Crippen molar-refractivity contribution >= 4 is 57.9 Å². The van der Waals surface area contributed by atoms with Crippen LogP contribution in [-0.2, 0) is 31.9 Å². The first-order valence-corrected chi connectivity index (χ1v) is 35.2. The van der Waals surface area contributed by atoms with Gasteiger partial charge in [-0.25, -0.2) is 0 Å². The van der Waals surface area contributed by atoms with Gasteiger partial charge in [0.2, 0.25) is 0 Å². The maximum atomic E-state index is 5.59. The molecule has 1 aliphatic rings. The number of hydrogen-bond acceptors (Lipinski definition) is 2. The minimum Gasteiger partial charge on any atom is 0 e. The van der Waals surface area contributed by atoms with Crippen LogP contribution >= 0.6 is 0 Å². The molecule has 0 saturated carbocycles. The standard InChI is InChI=1S/C47H39N2Si.C18H24GeN.Ir/c1-47(2,3)35-29-38(31-16-8-6-9-17-31)45(39(30-35)32-18-10-7-11-19-32)49-41-26-24-33-20-12-13-21-36(33)44(41)48-46(49)34-25-27-43-40(28-34)37-22-14-15-23-42(37)50(43,4)5;1-14(2)11-16-12-18(15-9-7-6-8-10-15)20-13-17(16)19(3,4)5;/h6-24,26-30H,1-5H3;6-9,12-14H,11H2,1-5H3;/q2*-1;. The van der Waals surface area contributed by atoms with Crippen LogP contribution in [0.5, 0.6) is 0 Å². The Morgan fingerprint density at radius 2 is 1.27 bits per heavy atom. The SMILES string of the molecule is CC(C)(C)c1cc(-c2ccccc2)c(-n2c(-c3[c-]cc4c(c3)-c3ccccc3[Si]4(C)C)nc3c4ccccc4ccc32)c(-c2ccccc2)c1.CC(C)Cc1cc(-c2[c-]cccc2)nc[c]1[Ge]([CH3])([CH3])[CH3].[Ir]. The number of benzene rings is 8. The normalized spacial score (nSPS) is 12.8. The van der Waals surface area contributed by atoms with Gasteiger partial charge in [-0.1, -0.05) is 160 Å². The van der Waals surface area contributed by atoms with Gasteiger partial charge in [-0.3, -0.25) is 4.98 Å². The molecule has 0 saturated heterocycles. The first-order valence-electron chi connectivity index (χ1n) is 24.9. The zero-order valence-electron chi connectivity index (χ0n) is 42.8. The van der Waals surface area contributed by atoms with Crippen LogP contribution in [0.25, 0.3) is 83.5 Å². The predicted molar refractivity (Wildman–Crippen MR) is 305 cm³/mol. The van der Waals surface area contributed by atoms with Gasteiger partial charge in [0.25, 0.3) is 0 Å². The summed E-state index contributed by atoms with van der Waals surface area (Å²) in [6.45, 7) is 16.4. The van der Waals surface area contributed by atoms with E-state index in [0.717, 1.165) is 51.2 Å². The quantitative estimate of drug-likeness (QED) is 0.112. The molecule has 3 nitrogen and oxygen atoms in total. The van der Waals surface area contributed by atoms with Crippen LogP contribution in [0.3, 0.4) is 0 Å². The van der Waals surface area contributed by atoms with E-state index in [1.54, 1.807) is 4.40 Å².